The fourth-order valence-electron chi connectivity index (χ4n) is 4.79. The summed E-state index contributed by atoms with van der Waals surface area (Å²) in [6.45, 7) is 4.51. The zero-order valence-corrected chi connectivity index (χ0v) is 23.1. The molecule has 0 saturated carbocycles. The highest BCUT2D eigenvalue weighted by atomic mass is 19.4. The van der Waals surface area contributed by atoms with Crippen LogP contribution in [0.3, 0.4) is 0 Å². The fraction of sp³-hybridized carbons (Fsp3) is 0.300. The number of anilines is 2. The Morgan fingerprint density at radius 3 is 2.57 bits per heavy atom. The van der Waals surface area contributed by atoms with Crippen LogP contribution in [0.2, 0.25) is 0 Å². The first-order chi connectivity index (χ1) is 20.1. The van der Waals surface area contributed by atoms with E-state index in [0.717, 1.165) is 22.6 Å². The van der Waals surface area contributed by atoms with E-state index >= 15 is 0 Å². The van der Waals surface area contributed by atoms with Gasteiger partial charge in [-0.1, -0.05) is 12.1 Å². The zero-order chi connectivity index (χ0) is 29.9. The molecule has 12 heteroatoms. The number of halogens is 3. The van der Waals surface area contributed by atoms with Gasteiger partial charge < -0.3 is 25.1 Å². The Bertz CT molecular complexity index is 1610. The van der Waals surface area contributed by atoms with Gasteiger partial charge in [0.15, 0.2) is 0 Å². The number of hydrogen-bond acceptors (Lipinski definition) is 7. The molecule has 3 N–H and O–H groups in total. The van der Waals surface area contributed by atoms with Gasteiger partial charge in [0.1, 0.15) is 11.3 Å². The molecule has 2 aromatic carbocycles. The summed E-state index contributed by atoms with van der Waals surface area (Å²) < 4.78 is 51.8. The van der Waals surface area contributed by atoms with Crippen LogP contribution in [0.5, 0.6) is 0 Å². The van der Waals surface area contributed by atoms with Crippen molar-refractivity contribution < 1.29 is 32.2 Å². The number of carbonyl (C=O) groups excluding carboxylic acids is 2. The van der Waals surface area contributed by atoms with Crippen LogP contribution < -0.4 is 10.6 Å². The van der Waals surface area contributed by atoms with Crippen LogP contribution in [0.1, 0.15) is 43.1 Å². The van der Waals surface area contributed by atoms with Crippen LogP contribution in [0.4, 0.5) is 24.5 Å². The van der Waals surface area contributed by atoms with Gasteiger partial charge in [-0.2, -0.15) is 13.2 Å². The number of methoxy groups -OCH3 is 1. The second-order valence-electron chi connectivity index (χ2n) is 10.0. The number of rotatable bonds is 8. The van der Waals surface area contributed by atoms with Gasteiger partial charge in [-0.15, -0.1) is 0 Å². The average molecular weight is 582 g/mol. The normalized spacial score (nSPS) is 14.1. The molecule has 3 heterocycles. The van der Waals surface area contributed by atoms with Crippen molar-refractivity contribution in [2.45, 2.75) is 26.2 Å². The second kappa shape index (κ2) is 12.2. The number of H-pyrrole nitrogens is 1. The molecule has 0 bridgehead atoms. The Labute approximate surface area is 240 Å². The zero-order valence-electron chi connectivity index (χ0n) is 23.1. The minimum absolute atomic E-state index is 0.0782. The third kappa shape index (κ3) is 6.72. The smallest absolute Gasteiger partial charge is 0.416 e. The Morgan fingerprint density at radius 2 is 1.83 bits per heavy atom. The minimum atomic E-state index is -4.60. The van der Waals surface area contributed by atoms with E-state index in [1.807, 2.05) is 24.0 Å². The molecule has 1 aliphatic rings. The van der Waals surface area contributed by atoms with Gasteiger partial charge in [-0.25, -0.2) is 9.78 Å². The number of esters is 1. The maximum absolute atomic E-state index is 13.9. The van der Waals surface area contributed by atoms with Crippen LogP contribution in [0, 0.1) is 6.92 Å². The van der Waals surface area contributed by atoms with E-state index in [4.69, 9.17) is 9.47 Å². The molecule has 42 heavy (non-hydrogen) atoms. The molecule has 1 aliphatic heterocycles. The lowest BCUT2D eigenvalue weighted by atomic mass is 10.0. The van der Waals surface area contributed by atoms with Gasteiger partial charge in [0.25, 0.3) is 5.91 Å². The Kier molecular flexibility index (Phi) is 8.46. The van der Waals surface area contributed by atoms with Gasteiger partial charge in [-0.3, -0.25) is 9.69 Å². The molecule has 1 fully saturated rings. The van der Waals surface area contributed by atoms with Crippen LogP contribution in [-0.2, 0) is 28.7 Å². The van der Waals surface area contributed by atoms with Crippen molar-refractivity contribution in [3.05, 3.63) is 88.2 Å². The third-order valence-corrected chi connectivity index (χ3v) is 7.14. The average Bonchev–Trinajstić information content (AvgIpc) is 3.41. The van der Waals surface area contributed by atoms with E-state index in [2.05, 4.69) is 20.6 Å². The van der Waals surface area contributed by atoms with E-state index in [-0.39, 0.29) is 17.7 Å². The Morgan fingerprint density at radius 1 is 1.05 bits per heavy atom. The maximum atomic E-state index is 13.9. The lowest BCUT2D eigenvalue weighted by molar-refractivity contribution is -0.138. The molecule has 0 atom stereocenters. The number of pyridine rings is 1. The molecule has 1 saturated heterocycles. The van der Waals surface area contributed by atoms with Crippen LogP contribution in [0.25, 0.3) is 11.0 Å². The lowest BCUT2D eigenvalue weighted by Gasteiger charge is -2.27. The molecule has 0 radical (unpaired) electrons. The number of morpholine rings is 1. The Hall–Kier alpha value is -4.42. The fourth-order valence-corrected chi connectivity index (χ4v) is 4.79. The molecule has 0 unspecified atom stereocenters. The minimum Gasteiger partial charge on any atom is -0.464 e. The number of aryl methyl sites for hydroxylation is 1. The summed E-state index contributed by atoms with van der Waals surface area (Å²) in [7, 11) is 1.30. The van der Waals surface area contributed by atoms with Crippen molar-refractivity contribution in [3.8, 4) is 0 Å². The molecule has 4 aromatic rings. The number of amides is 1. The largest absolute Gasteiger partial charge is 0.464 e. The first-order valence-corrected chi connectivity index (χ1v) is 13.3. The van der Waals surface area contributed by atoms with Crippen LogP contribution >= 0.6 is 0 Å². The second-order valence-corrected chi connectivity index (χ2v) is 10.0. The van der Waals surface area contributed by atoms with Crippen molar-refractivity contribution >= 4 is 34.3 Å². The van der Waals surface area contributed by atoms with Gasteiger partial charge in [0, 0.05) is 42.8 Å². The molecule has 9 nitrogen and oxygen atoms in total. The Balaban J connectivity index is 1.28. The number of hydrogen-bond donors (Lipinski definition) is 3. The maximum Gasteiger partial charge on any atom is 0.416 e. The molecule has 5 rings (SSSR count). The molecule has 220 valence electrons. The van der Waals surface area contributed by atoms with Gasteiger partial charge in [0.05, 0.1) is 37.8 Å². The summed E-state index contributed by atoms with van der Waals surface area (Å²) in [5.41, 5.74) is 3.06. The van der Waals surface area contributed by atoms with E-state index in [1.54, 1.807) is 24.4 Å². The summed E-state index contributed by atoms with van der Waals surface area (Å²) in [5, 5.41) is 6.73. The monoisotopic (exact) mass is 581 g/mol. The molecule has 0 aliphatic carbocycles. The lowest BCUT2D eigenvalue weighted by Crippen LogP contribution is -2.36. The van der Waals surface area contributed by atoms with Crippen molar-refractivity contribution in [2.24, 2.45) is 0 Å². The van der Waals surface area contributed by atoms with Gasteiger partial charge >= 0.3 is 12.1 Å². The number of aromatic nitrogens is 2. The molecular weight excluding hydrogens is 551 g/mol. The number of benzene rings is 2. The van der Waals surface area contributed by atoms with E-state index < -0.39 is 23.6 Å². The number of alkyl halides is 3. The van der Waals surface area contributed by atoms with Gasteiger partial charge in [-0.05, 0) is 60.0 Å². The highest BCUT2D eigenvalue weighted by Gasteiger charge is 2.34. The molecule has 0 spiro atoms. The highest BCUT2D eigenvalue weighted by Crippen LogP contribution is 2.34. The molecular formula is C30H30F3N5O4. The summed E-state index contributed by atoms with van der Waals surface area (Å²) in [6, 6.07) is 12.5. The first kappa shape index (κ1) is 29.1. The highest BCUT2D eigenvalue weighted by molar-refractivity contribution is 6.04. The van der Waals surface area contributed by atoms with Crippen molar-refractivity contribution in [1.82, 2.24) is 14.9 Å². The standard InChI is InChI=1S/C30H30F3N5O4/c1-18-3-6-23(12-22(18)15-34-24-11-21-14-26(29(40)41-2)37-27(21)35-16-24)36-28(39)19-4-5-20(25(13-19)30(31,32)33)17-38-7-9-42-10-8-38/h3-6,11-14,16,34H,7-10,15,17H2,1-2H3,(H,35,37)(H,36,39). The van der Waals surface area contributed by atoms with E-state index in [1.165, 1.54) is 19.2 Å². The van der Waals surface area contributed by atoms with Crippen molar-refractivity contribution in [2.75, 3.05) is 44.0 Å². The first-order valence-electron chi connectivity index (χ1n) is 13.3. The summed E-state index contributed by atoms with van der Waals surface area (Å²) >= 11 is 0. The number of ether oxygens (including phenoxy) is 2. The quantitative estimate of drug-likeness (QED) is 0.240. The van der Waals surface area contributed by atoms with Crippen LogP contribution in [-0.4, -0.2) is 60.2 Å². The van der Waals surface area contributed by atoms with Crippen LogP contribution in [0.15, 0.2) is 54.7 Å². The predicted molar refractivity (Wildman–Crippen MR) is 151 cm³/mol. The number of nitrogens with zero attached hydrogens (tertiary/aromatic N) is 2. The molecule has 1 amide bonds. The molecule has 2 aromatic heterocycles. The number of aromatic amines is 1. The summed E-state index contributed by atoms with van der Waals surface area (Å²) in [5.74, 6) is -1.12. The summed E-state index contributed by atoms with van der Waals surface area (Å²) in [6.07, 6.45) is -2.97. The van der Waals surface area contributed by atoms with E-state index in [0.29, 0.717) is 55.6 Å². The predicted octanol–water partition coefficient (Wildman–Crippen LogP) is 5.37. The van der Waals surface area contributed by atoms with E-state index in [9.17, 15) is 22.8 Å². The topological polar surface area (TPSA) is 109 Å². The third-order valence-electron chi connectivity index (χ3n) is 7.14. The summed E-state index contributed by atoms with van der Waals surface area (Å²) in [4.78, 5) is 33.9. The number of nitrogens with one attached hydrogen (secondary N) is 3. The number of carbonyl (C=O) groups is 2. The van der Waals surface area contributed by atoms with Crippen molar-refractivity contribution in [3.63, 3.8) is 0 Å². The number of fused-ring (bicyclic) bond motifs is 1. The SMILES string of the molecule is COC(=O)c1cc2cc(NCc3cc(NC(=O)c4ccc(CN5CCOCC5)c(C(F)(F)F)c4)ccc3C)cnc2[nH]1. The van der Waals surface area contributed by atoms with Crippen molar-refractivity contribution in [1.29, 1.82) is 0 Å². The van der Waals surface area contributed by atoms with Gasteiger partial charge in [0.2, 0.25) is 0 Å².